The number of thioether (sulfide) groups is 1. The van der Waals surface area contributed by atoms with Gasteiger partial charge in [0.2, 0.25) is 0 Å². The monoisotopic (exact) mass is 341 g/mol. The molecule has 3 rings (SSSR count). The molecule has 1 aliphatic heterocycles. The molecule has 0 aromatic heterocycles. The van der Waals surface area contributed by atoms with E-state index in [4.69, 9.17) is 0 Å². The van der Waals surface area contributed by atoms with Gasteiger partial charge in [-0.2, -0.15) is 0 Å². The minimum absolute atomic E-state index is 0.192. The van der Waals surface area contributed by atoms with E-state index in [0.717, 1.165) is 25.9 Å². The molecule has 0 saturated carbocycles. The molecule has 1 N–H and O–H groups in total. The van der Waals surface area contributed by atoms with Crippen molar-refractivity contribution in [3.05, 3.63) is 65.7 Å². The fourth-order valence-electron chi connectivity index (χ4n) is 3.44. The number of aliphatic carboxylic acids is 1. The summed E-state index contributed by atoms with van der Waals surface area (Å²) in [4.78, 5) is 14.9. The van der Waals surface area contributed by atoms with Crippen LogP contribution in [0.15, 0.2) is 59.5 Å². The van der Waals surface area contributed by atoms with Gasteiger partial charge in [-0.15, -0.1) is 11.8 Å². The normalized spacial score (nSPS) is 17.5. The van der Waals surface area contributed by atoms with Crippen LogP contribution < -0.4 is 0 Å². The quantitative estimate of drug-likeness (QED) is 0.824. The Hall–Kier alpha value is -1.78. The van der Waals surface area contributed by atoms with Crippen LogP contribution in [-0.2, 0) is 4.79 Å². The van der Waals surface area contributed by atoms with E-state index in [1.165, 1.54) is 16.0 Å². The summed E-state index contributed by atoms with van der Waals surface area (Å²) in [5.41, 5.74) is 2.54. The molecule has 0 bridgehead atoms. The van der Waals surface area contributed by atoms with Crippen molar-refractivity contribution in [2.24, 2.45) is 5.92 Å². The van der Waals surface area contributed by atoms with Gasteiger partial charge in [-0.05, 0) is 55.4 Å². The van der Waals surface area contributed by atoms with Gasteiger partial charge in [0, 0.05) is 4.90 Å². The number of carboxylic acids is 1. The van der Waals surface area contributed by atoms with Crippen LogP contribution in [0.1, 0.15) is 30.0 Å². The third-order valence-electron chi connectivity index (χ3n) is 4.79. The van der Waals surface area contributed by atoms with E-state index >= 15 is 0 Å². The number of hydrogen-bond acceptors (Lipinski definition) is 3. The van der Waals surface area contributed by atoms with Crippen molar-refractivity contribution in [1.29, 1.82) is 0 Å². The lowest BCUT2D eigenvalue weighted by atomic mass is 9.91. The average molecular weight is 341 g/mol. The van der Waals surface area contributed by atoms with Crippen molar-refractivity contribution < 1.29 is 9.90 Å². The van der Waals surface area contributed by atoms with Crippen molar-refractivity contribution in [3.8, 4) is 0 Å². The Morgan fingerprint density at radius 2 is 1.62 bits per heavy atom. The molecule has 0 radical (unpaired) electrons. The van der Waals surface area contributed by atoms with Crippen LogP contribution in [0.25, 0.3) is 0 Å². The number of benzene rings is 2. The van der Waals surface area contributed by atoms with Crippen LogP contribution in [0.4, 0.5) is 0 Å². The second-order valence-corrected chi connectivity index (χ2v) is 7.11. The van der Waals surface area contributed by atoms with Crippen LogP contribution in [0.5, 0.6) is 0 Å². The number of piperidine rings is 1. The summed E-state index contributed by atoms with van der Waals surface area (Å²) in [6.45, 7) is 1.64. The van der Waals surface area contributed by atoms with E-state index in [1.54, 1.807) is 11.8 Å². The standard InChI is InChI=1S/C20H23NO2S/c1-24-18-9-7-16(8-10-18)19(15-5-3-2-4-6-15)21-13-11-17(12-14-21)20(22)23/h2-10,17,19H,11-14H2,1H3,(H,22,23). The minimum atomic E-state index is -0.657. The second kappa shape index (κ2) is 7.86. The zero-order valence-electron chi connectivity index (χ0n) is 13.9. The van der Waals surface area contributed by atoms with Gasteiger partial charge < -0.3 is 5.11 Å². The molecule has 1 atom stereocenters. The Morgan fingerprint density at radius 3 is 2.17 bits per heavy atom. The topological polar surface area (TPSA) is 40.5 Å². The third kappa shape index (κ3) is 3.82. The van der Waals surface area contributed by atoms with Gasteiger partial charge in [0.05, 0.1) is 12.0 Å². The maximum absolute atomic E-state index is 11.2. The highest BCUT2D eigenvalue weighted by molar-refractivity contribution is 7.98. The van der Waals surface area contributed by atoms with Crippen LogP contribution in [0.2, 0.25) is 0 Å². The first kappa shape index (κ1) is 17.1. The maximum Gasteiger partial charge on any atom is 0.306 e. The largest absolute Gasteiger partial charge is 0.481 e. The minimum Gasteiger partial charge on any atom is -0.481 e. The lowest BCUT2D eigenvalue weighted by molar-refractivity contribution is -0.143. The first-order valence-corrected chi connectivity index (χ1v) is 9.57. The number of nitrogens with zero attached hydrogens (tertiary/aromatic N) is 1. The zero-order valence-corrected chi connectivity index (χ0v) is 14.7. The molecule has 1 saturated heterocycles. The molecule has 0 aliphatic carbocycles. The molecular weight excluding hydrogens is 318 g/mol. The summed E-state index contributed by atoms with van der Waals surface area (Å²) < 4.78 is 0. The molecular formula is C20H23NO2S. The fourth-order valence-corrected chi connectivity index (χ4v) is 3.85. The van der Waals surface area contributed by atoms with Crippen LogP contribution in [0, 0.1) is 5.92 Å². The summed E-state index contributed by atoms with van der Waals surface area (Å²) in [6.07, 6.45) is 3.53. The molecule has 1 heterocycles. The van der Waals surface area contributed by atoms with Crippen LogP contribution >= 0.6 is 11.8 Å². The summed E-state index contributed by atoms with van der Waals surface area (Å²) in [5, 5.41) is 9.23. The van der Waals surface area contributed by atoms with E-state index in [-0.39, 0.29) is 12.0 Å². The number of carboxylic acid groups (broad SMARTS) is 1. The summed E-state index contributed by atoms with van der Waals surface area (Å²) in [7, 11) is 0. The van der Waals surface area contributed by atoms with Gasteiger partial charge in [-0.25, -0.2) is 0 Å². The van der Waals surface area contributed by atoms with Crippen molar-refractivity contribution in [2.75, 3.05) is 19.3 Å². The van der Waals surface area contributed by atoms with E-state index in [9.17, 15) is 9.90 Å². The summed E-state index contributed by atoms with van der Waals surface area (Å²) in [6, 6.07) is 19.4. The number of hydrogen-bond donors (Lipinski definition) is 1. The molecule has 1 unspecified atom stereocenters. The molecule has 0 spiro atoms. The zero-order chi connectivity index (χ0) is 16.9. The predicted octanol–water partition coefficient (Wildman–Crippen LogP) is 4.29. The predicted molar refractivity (Wildman–Crippen MR) is 98.4 cm³/mol. The summed E-state index contributed by atoms with van der Waals surface area (Å²) >= 11 is 1.75. The molecule has 2 aromatic rings. The molecule has 24 heavy (non-hydrogen) atoms. The van der Waals surface area contributed by atoms with Crippen molar-refractivity contribution in [3.63, 3.8) is 0 Å². The van der Waals surface area contributed by atoms with E-state index in [2.05, 4.69) is 59.7 Å². The molecule has 2 aromatic carbocycles. The smallest absolute Gasteiger partial charge is 0.306 e. The Bertz CT molecular complexity index is 664. The first-order chi connectivity index (χ1) is 11.7. The van der Waals surface area contributed by atoms with Gasteiger partial charge in [-0.1, -0.05) is 42.5 Å². The van der Waals surface area contributed by atoms with E-state index in [0.29, 0.717) is 0 Å². The number of likely N-dealkylation sites (tertiary alicyclic amines) is 1. The van der Waals surface area contributed by atoms with Crippen LogP contribution in [-0.4, -0.2) is 35.3 Å². The highest BCUT2D eigenvalue weighted by atomic mass is 32.2. The van der Waals surface area contributed by atoms with Gasteiger partial charge in [0.1, 0.15) is 0 Å². The number of rotatable bonds is 5. The van der Waals surface area contributed by atoms with Crippen molar-refractivity contribution in [1.82, 2.24) is 4.90 Å². The first-order valence-electron chi connectivity index (χ1n) is 8.35. The molecule has 3 nitrogen and oxygen atoms in total. The van der Waals surface area contributed by atoms with Crippen LogP contribution in [0.3, 0.4) is 0 Å². The Balaban J connectivity index is 1.87. The molecule has 1 fully saturated rings. The third-order valence-corrected chi connectivity index (χ3v) is 5.53. The van der Waals surface area contributed by atoms with Gasteiger partial charge in [0.25, 0.3) is 0 Å². The Kier molecular flexibility index (Phi) is 5.59. The highest BCUT2D eigenvalue weighted by Gasteiger charge is 2.30. The molecule has 1 aliphatic rings. The Morgan fingerprint density at radius 1 is 1.04 bits per heavy atom. The lowest BCUT2D eigenvalue weighted by Crippen LogP contribution is -2.39. The second-order valence-electron chi connectivity index (χ2n) is 6.23. The van der Waals surface area contributed by atoms with Gasteiger partial charge >= 0.3 is 5.97 Å². The SMILES string of the molecule is CSc1ccc(C(c2ccccc2)N2CCC(C(=O)O)CC2)cc1. The van der Waals surface area contributed by atoms with Crippen molar-refractivity contribution >= 4 is 17.7 Å². The molecule has 126 valence electrons. The fraction of sp³-hybridized carbons (Fsp3) is 0.350. The highest BCUT2D eigenvalue weighted by Crippen LogP contribution is 2.33. The summed E-state index contributed by atoms with van der Waals surface area (Å²) in [5.74, 6) is -0.855. The van der Waals surface area contributed by atoms with Gasteiger partial charge in [0.15, 0.2) is 0 Å². The molecule has 4 heteroatoms. The van der Waals surface area contributed by atoms with Crippen molar-refractivity contribution in [2.45, 2.75) is 23.8 Å². The van der Waals surface area contributed by atoms with E-state index < -0.39 is 5.97 Å². The molecule has 0 amide bonds. The lowest BCUT2D eigenvalue weighted by Gasteiger charge is -2.37. The average Bonchev–Trinajstić information content (AvgIpc) is 2.64. The van der Waals surface area contributed by atoms with Gasteiger partial charge in [-0.3, -0.25) is 9.69 Å². The van der Waals surface area contributed by atoms with E-state index in [1.807, 2.05) is 6.07 Å². The number of carbonyl (C=O) groups is 1. The Labute approximate surface area is 147 Å². The maximum atomic E-state index is 11.2.